The maximum Gasteiger partial charge on any atom is 0.123 e. The first kappa shape index (κ1) is 11.1. The van der Waals surface area contributed by atoms with E-state index in [1.807, 2.05) is 0 Å². The van der Waals surface area contributed by atoms with Gasteiger partial charge in [0.05, 0.1) is 6.10 Å². The molecular weight excluding hydrogens is 205 g/mol. The molecule has 1 N–H and O–H groups in total. The van der Waals surface area contributed by atoms with Crippen LogP contribution in [0.15, 0.2) is 30.4 Å². The van der Waals surface area contributed by atoms with E-state index in [1.165, 1.54) is 12.1 Å². The molecule has 0 radical (unpaired) electrons. The molecule has 1 atom stereocenters. The van der Waals surface area contributed by atoms with Crippen LogP contribution in [0, 0.1) is 5.82 Å². The fourth-order valence-electron chi connectivity index (χ4n) is 2.01. The van der Waals surface area contributed by atoms with E-state index in [0.717, 1.165) is 25.2 Å². The molecule has 1 aromatic rings. The second-order valence-corrected chi connectivity index (χ2v) is 4.09. The van der Waals surface area contributed by atoms with E-state index >= 15 is 0 Å². The van der Waals surface area contributed by atoms with Crippen LogP contribution in [0.1, 0.15) is 25.0 Å². The lowest BCUT2D eigenvalue weighted by Gasteiger charge is -2.28. The molecule has 0 bridgehead atoms. The van der Waals surface area contributed by atoms with Crippen molar-refractivity contribution in [1.29, 1.82) is 0 Å². The number of hydrogen-bond donors (Lipinski definition) is 1. The van der Waals surface area contributed by atoms with E-state index in [4.69, 9.17) is 0 Å². The third-order valence-corrected chi connectivity index (χ3v) is 2.84. The Balaban J connectivity index is 2.35. The van der Waals surface area contributed by atoms with Crippen LogP contribution in [0.25, 0.3) is 0 Å². The average molecular weight is 221 g/mol. The third kappa shape index (κ3) is 2.25. The van der Waals surface area contributed by atoms with Crippen molar-refractivity contribution < 1.29 is 9.50 Å². The highest BCUT2D eigenvalue weighted by molar-refractivity contribution is 5.55. The van der Waals surface area contributed by atoms with Crippen molar-refractivity contribution in [2.24, 2.45) is 0 Å². The summed E-state index contributed by atoms with van der Waals surface area (Å²) in [5.74, 6) is -0.299. The Bertz CT molecular complexity index is 401. The highest BCUT2D eigenvalue weighted by Crippen LogP contribution is 2.28. The molecule has 0 amide bonds. The molecule has 1 heterocycles. The van der Waals surface area contributed by atoms with Crippen molar-refractivity contribution in [3.8, 4) is 0 Å². The molecule has 0 fully saturated rings. The van der Waals surface area contributed by atoms with Gasteiger partial charge in [0.2, 0.25) is 0 Å². The van der Waals surface area contributed by atoms with Gasteiger partial charge in [0.1, 0.15) is 5.82 Å². The molecule has 0 saturated carbocycles. The predicted octanol–water partition coefficient (Wildman–Crippen LogP) is 2.65. The second-order valence-electron chi connectivity index (χ2n) is 4.09. The van der Waals surface area contributed by atoms with Crippen LogP contribution in [0.3, 0.4) is 0 Å². The molecule has 1 aliphatic heterocycles. The number of halogens is 1. The molecule has 16 heavy (non-hydrogen) atoms. The van der Waals surface area contributed by atoms with E-state index in [1.54, 1.807) is 13.0 Å². The van der Waals surface area contributed by atoms with Gasteiger partial charge in [-0.3, -0.25) is 0 Å². The number of benzene rings is 1. The third-order valence-electron chi connectivity index (χ3n) is 2.84. The zero-order valence-corrected chi connectivity index (χ0v) is 9.36. The Hall–Kier alpha value is -1.35. The zero-order chi connectivity index (χ0) is 11.5. The summed E-state index contributed by atoms with van der Waals surface area (Å²) in [6.45, 7) is 3.41. The summed E-state index contributed by atoms with van der Waals surface area (Å²) in [6.07, 6.45) is 4.59. The highest BCUT2D eigenvalue weighted by atomic mass is 19.1. The molecule has 0 saturated heterocycles. The van der Waals surface area contributed by atoms with Gasteiger partial charge in [-0.1, -0.05) is 12.2 Å². The van der Waals surface area contributed by atoms with Gasteiger partial charge in [-0.2, -0.15) is 0 Å². The van der Waals surface area contributed by atoms with Crippen LogP contribution in [0.5, 0.6) is 0 Å². The van der Waals surface area contributed by atoms with E-state index in [-0.39, 0.29) is 5.82 Å². The monoisotopic (exact) mass is 221 g/mol. The zero-order valence-electron chi connectivity index (χ0n) is 9.36. The normalized spacial score (nSPS) is 17.6. The maximum atomic E-state index is 13.1. The summed E-state index contributed by atoms with van der Waals surface area (Å²) in [6, 6.07) is 4.61. The van der Waals surface area contributed by atoms with Crippen LogP contribution in [0.2, 0.25) is 0 Å². The van der Waals surface area contributed by atoms with Crippen LogP contribution in [-0.4, -0.2) is 18.2 Å². The number of hydrogen-bond acceptors (Lipinski definition) is 2. The molecule has 0 aliphatic carbocycles. The van der Waals surface area contributed by atoms with Crippen molar-refractivity contribution in [2.45, 2.75) is 19.4 Å². The number of aliphatic hydroxyl groups excluding tert-OH is 1. The lowest BCUT2D eigenvalue weighted by molar-refractivity contribution is 0.199. The van der Waals surface area contributed by atoms with Gasteiger partial charge in [-0.25, -0.2) is 4.39 Å². The van der Waals surface area contributed by atoms with Crippen molar-refractivity contribution >= 4 is 5.69 Å². The van der Waals surface area contributed by atoms with Gasteiger partial charge in [0.15, 0.2) is 0 Å². The van der Waals surface area contributed by atoms with Crippen LogP contribution >= 0.6 is 0 Å². The Labute approximate surface area is 95.0 Å². The number of nitrogens with zero attached hydrogens (tertiary/aromatic N) is 1. The average Bonchev–Trinajstić information content (AvgIpc) is 2.30. The lowest BCUT2D eigenvalue weighted by Crippen LogP contribution is -2.28. The lowest BCUT2D eigenvalue weighted by atomic mass is 10.1. The highest BCUT2D eigenvalue weighted by Gasteiger charge is 2.15. The molecule has 1 aromatic carbocycles. The van der Waals surface area contributed by atoms with Crippen LogP contribution < -0.4 is 4.90 Å². The summed E-state index contributed by atoms with van der Waals surface area (Å²) >= 11 is 0. The van der Waals surface area contributed by atoms with Crippen molar-refractivity contribution in [3.63, 3.8) is 0 Å². The molecule has 3 heteroatoms. The fraction of sp³-hybridized carbons (Fsp3) is 0.385. The van der Waals surface area contributed by atoms with E-state index in [0.29, 0.717) is 5.56 Å². The van der Waals surface area contributed by atoms with E-state index in [2.05, 4.69) is 17.1 Å². The van der Waals surface area contributed by atoms with Gasteiger partial charge in [0, 0.05) is 24.3 Å². The molecule has 0 unspecified atom stereocenters. The summed E-state index contributed by atoms with van der Waals surface area (Å²) in [7, 11) is 0. The van der Waals surface area contributed by atoms with Crippen molar-refractivity contribution in [2.75, 3.05) is 18.0 Å². The molecule has 2 rings (SSSR count). The van der Waals surface area contributed by atoms with Gasteiger partial charge in [-0.05, 0) is 31.5 Å². The minimum atomic E-state index is -0.642. The topological polar surface area (TPSA) is 23.5 Å². The first-order chi connectivity index (χ1) is 7.68. The Morgan fingerprint density at radius 2 is 2.19 bits per heavy atom. The van der Waals surface area contributed by atoms with E-state index in [9.17, 15) is 9.50 Å². The molecule has 0 spiro atoms. The molecule has 86 valence electrons. The summed E-state index contributed by atoms with van der Waals surface area (Å²) in [4.78, 5) is 2.15. The summed E-state index contributed by atoms with van der Waals surface area (Å²) in [5.41, 5.74) is 1.59. The van der Waals surface area contributed by atoms with Crippen LogP contribution in [-0.2, 0) is 0 Å². The largest absolute Gasteiger partial charge is 0.389 e. The minimum Gasteiger partial charge on any atom is -0.389 e. The molecule has 2 nitrogen and oxygen atoms in total. The maximum absolute atomic E-state index is 13.1. The SMILES string of the molecule is C[C@H](O)c1cc(F)ccc1N1CC=CCC1. The standard InChI is InChI=1S/C13H16FNO/c1-10(16)12-9-11(14)5-6-13(12)15-7-3-2-4-8-15/h2-3,5-6,9-10,16H,4,7-8H2,1H3/t10-/m0/s1. The molecular formula is C13H16FNO. The Morgan fingerprint density at radius 3 is 2.81 bits per heavy atom. The molecule has 1 aliphatic rings. The number of anilines is 1. The number of aliphatic hydroxyl groups is 1. The summed E-state index contributed by atoms with van der Waals surface area (Å²) in [5, 5.41) is 9.65. The smallest absolute Gasteiger partial charge is 0.123 e. The number of rotatable bonds is 2. The van der Waals surface area contributed by atoms with Gasteiger partial charge >= 0.3 is 0 Å². The fourth-order valence-corrected chi connectivity index (χ4v) is 2.01. The van der Waals surface area contributed by atoms with Crippen LogP contribution in [0.4, 0.5) is 10.1 Å². The van der Waals surface area contributed by atoms with Gasteiger partial charge in [-0.15, -0.1) is 0 Å². The van der Waals surface area contributed by atoms with Gasteiger partial charge in [0.25, 0.3) is 0 Å². The van der Waals surface area contributed by atoms with Crippen molar-refractivity contribution in [3.05, 3.63) is 41.7 Å². The van der Waals surface area contributed by atoms with Crippen molar-refractivity contribution in [1.82, 2.24) is 0 Å². The first-order valence-corrected chi connectivity index (χ1v) is 5.56. The summed E-state index contributed by atoms with van der Waals surface area (Å²) < 4.78 is 13.1. The predicted molar refractivity (Wildman–Crippen MR) is 63.0 cm³/mol. The van der Waals surface area contributed by atoms with Gasteiger partial charge < -0.3 is 10.0 Å². The van der Waals surface area contributed by atoms with E-state index < -0.39 is 6.10 Å². The Kier molecular flexibility index (Phi) is 3.25. The minimum absolute atomic E-state index is 0.299. The molecule has 0 aromatic heterocycles. The first-order valence-electron chi connectivity index (χ1n) is 5.56. The quantitative estimate of drug-likeness (QED) is 0.776. The Morgan fingerprint density at radius 1 is 1.38 bits per heavy atom. The second kappa shape index (κ2) is 4.66.